The van der Waals surface area contributed by atoms with Gasteiger partial charge in [-0.25, -0.2) is 13.1 Å². The van der Waals surface area contributed by atoms with E-state index < -0.39 is 15.6 Å². The van der Waals surface area contributed by atoms with Crippen LogP contribution in [0.5, 0.6) is 11.5 Å². The normalized spacial score (nSPS) is 14.8. The number of amides is 1. The van der Waals surface area contributed by atoms with Crippen LogP contribution in [0.15, 0.2) is 47.4 Å². The Hall–Kier alpha value is -2.58. The molecule has 0 saturated carbocycles. The lowest BCUT2D eigenvalue weighted by molar-refractivity contribution is 0.0935. The summed E-state index contributed by atoms with van der Waals surface area (Å²) in [5, 5.41) is 3.00. The maximum Gasteiger partial charge on any atom is 0.251 e. The maximum atomic E-state index is 12.7. The second-order valence-corrected chi connectivity index (χ2v) is 9.90. The lowest BCUT2D eigenvalue weighted by Gasteiger charge is -2.22. The fourth-order valence-corrected chi connectivity index (χ4v) is 4.61. The highest BCUT2D eigenvalue weighted by molar-refractivity contribution is 7.89. The van der Waals surface area contributed by atoms with Gasteiger partial charge in [0.25, 0.3) is 5.91 Å². The fourth-order valence-electron chi connectivity index (χ4n) is 3.19. The number of carbonyl (C=O) groups excluding carboxylic acids is 1. The first-order chi connectivity index (χ1) is 14.1. The Labute approximate surface area is 177 Å². The molecule has 8 heteroatoms. The quantitative estimate of drug-likeness (QED) is 0.730. The molecule has 0 fully saturated rings. The van der Waals surface area contributed by atoms with Crippen LogP contribution in [0, 0.1) is 0 Å². The molecule has 3 rings (SSSR count). The van der Waals surface area contributed by atoms with E-state index in [2.05, 4.69) is 10.0 Å². The third kappa shape index (κ3) is 5.31. The van der Waals surface area contributed by atoms with Crippen molar-refractivity contribution in [2.45, 2.75) is 50.6 Å². The Morgan fingerprint density at radius 3 is 2.27 bits per heavy atom. The van der Waals surface area contributed by atoms with E-state index in [0.29, 0.717) is 36.7 Å². The van der Waals surface area contributed by atoms with Crippen molar-refractivity contribution >= 4 is 15.9 Å². The van der Waals surface area contributed by atoms with Gasteiger partial charge in [0.05, 0.1) is 10.9 Å². The summed E-state index contributed by atoms with van der Waals surface area (Å²) in [6.45, 7) is 8.32. The molecular formula is C22H28N2O5S. The molecule has 0 spiro atoms. The average molecular weight is 433 g/mol. The summed E-state index contributed by atoms with van der Waals surface area (Å²) >= 11 is 0. The number of carbonyl (C=O) groups is 1. The van der Waals surface area contributed by atoms with E-state index in [9.17, 15) is 13.2 Å². The first kappa shape index (κ1) is 22.1. The molecule has 0 aromatic heterocycles. The number of sulfonamides is 1. The third-order valence-electron chi connectivity index (χ3n) is 4.55. The predicted octanol–water partition coefficient (Wildman–Crippen LogP) is 3.42. The summed E-state index contributed by atoms with van der Waals surface area (Å²) in [5.74, 6) is 1.10. The Morgan fingerprint density at radius 2 is 1.67 bits per heavy atom. The van der Waals surface area contributed by atoms with Crippen LogP contribution in [0.25, 0.3) is 0 Å². The topological polar surface area (TPSA) is 93.7 Å². The summed E-state index contributed by atoms with van der Waals surface area (Å²) < 4.78 is 38.6. The van der Waals surface area contributed by atoms with Gasteiger partial charge in [0, 0.05) is 11.1 Å². The molecule has 0 radical (unpaired) electrons. The zero-order chi connectivity index (χ0) is 21.9. The molecule has 30 heavy (non-hydrogen) atoms. The maximum absolute atomic E-state index is 12.7. The van der Waals surface area contributed by atoms with Gasteiger partial charge in [-0.05, 0) is 69.2 Å². The fraction of sp³-hybridized carbons (Fsp3) is 0.409. The number of benzene rings is 2. The van der Waals surface area contributed by atoms with Crippen LogP contribution in [0.2, 0.25) is 0 Å². The largest absolute Gasteiger partial charge is 0.486 e. The van der Waals surface area contributed by atoms with Gasteiger partial charge in [-0.15, -0.1) is 0 Å². The standard InChI is InChI=1S/C22H28N2O5S/c1-5-18(16-8-11-19-20(14-16)29-13-12-28-19)23-21(25)15-6-9-17(10-7-15)30(26,27)24-22(2,3)4/h6-11,14,18,24H,5,12-13H2,1-4H3,(H,23,25). The number of nitrogens with one attached hydrogen (secondary N) is 2. The molecule has 0 aliphatic carbocycles. The van der Waals surface area contributed by atoms with Gasteiger partial charge >= 0.3 is 0 Å². The summed E-state index contributed by atoms with van der Waals surface area (Å²) in [5.41, 5.74) is 0.719. The molecule has 0 bridgehead atoms. The highest BCUT2D eigenvalue weighted by Gasteiger charge is 2.23. The van der Waals surface area contributed by atoms with E-state index in [0.717, 1.165) is 5.56 Å². The molecule has 1 aliphatic rings. The van der Waals surface area contributed by atoms with Crippen molar-refractivity contribution < 1.29 is 22.7 Å². The molecule has 7 nitrogen and oxygen atoms in total. The van der Waals surface area contributed by atoms with Gasteiger partial charge in [-0.3, -0.25) is 4.79 Å². The molecule has 162 valence electrons. The van der Waals surface area contributed by atoms with Crippen molar-refractivity contribution in [3.8, 4) is 11.5 Å². The van der Waals surface area contributed by atoms with E-state index in [1.165, 1.54) is 24.3 Å². The smallest absolute Gasteiger partial charge is 0.251 e. The van der Waals surface area contributed by atoms with Crippen molar-refractivity contribution in [3.63, 3.8) is 0 Å². The van der Waals surface area contributed by atoms with Crippen LogP contribution in [0.4, 0.5) is 0 Å². The van der Waals surface area contributed by atoms with Crippen LogP contribution < -0.4 is 19.5 Å². The number of hydrogen-bond donors (Lipinski definition) is 2. The summed E-state index contributed by atoms with van der Waals surface area (Å²) in [6.07, 6.45) is 0.688. The van der Waals surface area contributed by atoms with Gasteiger partial charge in [0.2, 0.25) is 10.0 Å². The molecule has 1 atom stereocenters. The molecule has 2 aromatic rings. The number of hydrogen-bond acceptors (Lipinski definition) is 5. The summed E-state index contributed by atoms with van der Waals surface area (Å²) in [6, 6.07) is 11.3. The average Bonchev–Trinajstić information content (AvgIpc) is 2.70. The van der Waals surface area contributed by atoms with Crippen LogP contribution in [0.3, 0.4) is 0 Å². The van der Waals surface area contributed by atoms with Gasteiger partial charge in [-0.2, -0.15) is 0 Å². The molecule has 2 N–H and O–H groups in total. The van der Waals surface area contributed by atoms with Gasteiger partial charge in [0.1, 0.15) is 13.2 Å². The molecule has 1 amide bonds. The van der Waals surface area contributed by atoms with Crippen LogP contribution in [-0.2, 0) is 10.0 Å². The minimum Gasteiger partial charge on any atom is -0.486 e. The van der Waals surface area contributed by atoms with Crippen molar-refractivity contribution in [1.29, 1.82) is 0 Å². The van der Waals surface area contributed by atoms with E-state index in [1.54, 1.807) is 20.8 Å². The van der Waals surface area contributed by atoms with Crippen molar-refractivity contribution in [2.75, 3.05) is 13.2 Å². The lowest BCUT2D eigenvalue weighted by Crippen LogP contribution is -2.40. The minimum atomic E-state index is -3.65. The Kier molecular flexibility index (Phi) is 6.38. The highest BCUT2D eigenvalue weighted by Crippen LogP contribution is 2.33. The summed E-state index contributed by atoms with van der Waals surface area (Å²) in [7, 11) is -3.65. The summed E-state index contributed by atoms with van der Waals surface area (Å²) in [4.78, 5) is 12.9. The van der Waals surface area contributed by atoms with E-state index >= 15 is 0 Å². The van der Waals surface area contributed by atoms with Crippen LogP contribution in [-0.4, -0.2) is 33.1 Å². The Balaban J connectivity index is 1.73. The molecular weight excluding hydrogens is 404 g/mol. The van der Waals surface area contributed by atoms with Gasteiger partial charge in [0.15, 0.2) is 11.5 Å². The lowest BCUT2D eigenvalue weighted by atomic mass is 10.0. The Bertz CT molecular complexity index is 1010. The van der Waals surface area contributed by atoms with Gasteiger partial charge < -0.3 is 14.8 Å². The van der Waals surface area contributed by atoms with Crippen molar-refractivity contribution in [2.24, 2.45) is 0 Å². The Morgan fingerprint density at radius 1 is 1.03 bits per heavy atom. The van der Waals surface area contributed by atoms with Crippen molar-refractivity contribution in [1.82, 2.24) is 10.0 Å². The minimum absolute atomic E-state index is 0.118. The van der Waals surface area contributed by atoms with Crippen molar-refractivity contribution in [3.05, 3.63) is 53.6 Å². The van der Waals surface area contributed by atoms with Crippen LogP contribution >= 0.6 is 0 Å². The molecule has 0 saturated heterocycles. The third-order valence-corrected chi connectivity index (χ3v) is 6.32. The molecule has 1 heterocycles. The van der Waals surface area contributed by atoms with Crippen LogP contribution in [0.1, 0.15) is 56.1 Å². The van der Waals surface area contributed by atoms with E-state index in [4.69, 9.17) is 9.47 Å². The number of rotatable bonds is 6. The predicted molar refractivity (Wildman–Crippen MR) is 114 cm³/mol. The molecule has 2 aromatic carbocycles. The zero-order valence-electron chi connectivity index (χ0n) is 17.7. The highest BCUT2D eigenvalue weighted by atomic mass is 32.2. The number of fused-ring (bicyclic) bond motifs is 1. The zero-order valence-corrected chi connectivity index (χ0v) is 18.5. The second kappa shape index (κ2) is 8.65. The number of ether oxygens (including phenoxy) is 2. The first-order valence-electron chi connectivity index (χ1n) is 9.93. The monoisotopic (exact) mass is 432 g/mol. The second-order valence-electron chi connectivity index (χ2n) is 8.22. The molecule has 1 aliphatic heterocycles. The SMILES string of the molecule is CCC(NC(=O)c1ccc(S(=O)(=O)NC(C)(C)C)cc1)c1ccc2c(c1)OCCO2. The van der Waals surface area contributed by atoms with Gasteiger partial charge in [-0.1, -0.05) is 13.0 Å². The van der Waals surface area contributed by atoms with E-state index in [-0.39, 0.29) is 16.8 Å². The molecule has 1 unspecified atom stereocenters. The van der Waals surface area contributed by atoms with E-state index in [1.807, 2.05) is 25.1 Å². The first-order valence-corrected chi connectivity index (χ1v) is 11.4.